The maximum Gasteiger partial charge on any atom is 0.225 e. The van der Waals surface area contributed by atoms with Crippen molar-refractivity contribution in [3.8, 4) is 6.07 Å². The Hall–Kier alpha value is -3.28. The van der Waals surface area contributed by atoms with Gasteiger partial charge in [-0.3, -0.25) is 4.98 Å². The summed E-state index contributed by atoms with van der Waals surface area (Å²) >= 11 is 0. The molecule has 8 heteroatoms. The van der Waals surface area contributed by atoms with Crippen LogP contribution in [-0.4, -0.2) is 59.8 Å². The Morgan fingerprint density at radius 2 is 1.94 bits per heavy atom. The topological polar surface area (TPSA) is 93.0 Å². The molecule has 0 amide bonds. The number of rotatable bonds is 5. The summed E-state index contributed by atoms with van der Waals surface area (Å²) in [6.07, 6.45) is 6.78. The minimum atomic E-state index is 0.361. The first-order chi connectivity index (χ1) is 16.6. The molecule has 8 nitrogen and oxygen atoms in total. The summed E-state index contributed by atoms with van der Waals surface area (Å²) in [5.41, 5.74) is 3.65. The summed E-state index contributed by atoms with van der Waals surface area (Å²) in [7, 11) is 0. The molecular weight excluding hydrogens is 424 g/mol. The predicted molar refractivity (Wildman–Crippen MR) is 135 cm³/mol. The van der Waals surface area contributed by atoms with E-state index in [4.69, 9.17) is 0 Å². The highest BCUT2D eigenvalue weighted by molar-refractivity contribution is 5.95. The second-order valence-electron chi connectivity index (χ2n) is 9.66. The fourth-order valence-corrected chi connectivity index (χ4v) is 5.20. The zero-order chi connectivity index (χ0) is 23.5. The fraction of sp³-hybridized carbons (Fsp3) is 0.462. The van der Waals surface area contributed by atoms with Crippen molar-refractivity contribution in [3.63, 3.8) is 0 Å². The number of anilines is 2. The molecule has 5 rings (SSSR count). The average Bonchev–Trinajstić information content (AvgIpc) is 2.87. The van der Waals surface area contributed by atoms with Crippen LogP contribution in [0.1, 0.15) is 31.4 Å². The van der Waals surface area contributed by atoms with Gasteiger partial charge in [0.25, 0.3) is 0 Å². The Labute approximate surface area is 201 Å². The predicted octanol–water partition coefficient (Wildman–Crippen LogP) is 2.70. The van der Waals surface area contributed by atoms with Gasteiger partial charge in [-0.25, -0.2) is 9.97 Å². The van der Waals surface area contributed by atoms with E-state index < -0.39 is 0 Å². The van der Waals surface area contributed by atoms with Crippen LogP contribution in [0.15, 0.2) is 42.9 Å². The Morgan fingerprint density at radius 1 is 1.09 bits per heavy atom. The summed E-state index contributed by atoms with van der Waals surface area (Å²) in [4.78, 5) is 18.4. The number of nitrogens with one attached hydrogen (secondary N) is 2. The number of hydrogen-bond acceptors (Lipinski definition) is 8. The van der Waals surface area contributed by atoms with E-state index in [0.717, 1.165) is 73.8 Å². The van der Waals surface area contributed by atoms with Crippen molar-refractivity contribution >= 4 is 22.5 Å². The summed E-state index contributed by atoms with van der Waals surface area (Å²) in [6.45, 7) is 10.00. The highest BCUT2D eigenvalue weighted by Gasteiger charge is 2.26. The molecule has 2 aliphatic heterocycles. The average molecular weight is 457 g/mol. The number of piperazine rings is 1. The van der Waals surface area contributed by atoms with Gasteiger partial charge in [0.15, 0.2) is 0 Å². The SMILES string of the molecule is C[C@H]1CC(NCc2cnc(N3CCN[C@@H](C)C3)nc2)CN(c2ccc(C#N)c3ncccc23)C1. The van der Waals surface area contributed by atoms with Gasteiger partial charge >= 0.3 is 0 Å². The highest BCUT2D eigenvalue weighted by Crippen LogP contribution is 2.31. The van der Waals surface area contributed by atoms with Crippen molar-refractivity contribution < 1.29 is 0 Å². The molecule has 2 N–H and O–H groups in total. The van der Waals surface area contributed by atoms with Gasteiger partial charge in [0.1, 0.15) is 6.07 Å². The Kier molecular flexibility index (Phi) is 6.57. The molecule has 4 heterocycles. The maximum absolute atomic E-state index is 9.47. The Bertz CT molecular complexity index is 1170. The van der Waals surface area contributed by atoms with Crippen LogP contribution in [0.5, 0.6) is 0 Å². The van der Waals surface area contributed by atoms with E-state index in [1.165, 1.54) is 0 Å². The van der Waals surface area contributed by atoms with Gasteiger partial charge in [0.2, 0.25) is 5.95 Å². The molecule has 0 aliphatic carbocycles. The van der Waals surface area contributed by atoms with Gasteiger partial charge in [-0.1, -0.05) is 6.92 Å². The third-order valence-electron chi connectivity index (χ3n) is 6.81. The van der Waals surface area contributed by atoms with Crippen molar-refractivity contribution in [2.24, 2.45) is 5.92 Å². The summed E-state index contributed by atoms with van der Waals surface area (Å²) in [6, 6.07) is 11.1. The van der Waals surface area contributed by atoms with Crippen molar-refractivity contribution in [1.29, 1.82) is 5.26 Å². The quantitative estimate of drug-likeness (QED) is 0.605. The van der Waals surface area contributed by atoms with Crippen LogP contribution in [0.25, 0.3) is 10.9 Å². The number of benzene rings is 1. The molecule has 0 saturated carbocycles. The number of nitrogens with zero attached hydrogens (tertiary/aromatic N) is 6. The lowest BCUT2D eigenvalue weighted by atomic mass is 9.94. The summed E-state index contributed by atoms with van der Waals surface area (Å²) < 4.78 is 0. The summed E-state index contributed by atoms with van der Waals surface area (Å²) in [5, 5.41) is 17.7. The second-order valence-corrected chi connectivity index (χ2v) is 9.66. The molecule has 1 unspecified atom stereocenters. The van der Waals surface area contributed by atoms with Crippen LogP contribution in [0.3, 0.4) is 0 Å². The smallest absolute Gasteiger partial charge is 0.225 e. The van der Waals surface area contributed by atoms with Gasteiger partial charge in [0.05, 0.1) is 11.1 Å². The van der Waals surface area contributed by atoms with Gasteiger partial charge < -0.3 is 20.4 Å². The Morgan fingerprint density at radius 3 is 2.74 bits per heavy atom. The van der Waals surface area contributed by atoms with Crippen LogP contribution in [0.2, 0.25) is 0 Å². The normalized spacial score (nSPS) is 23.1. The van der Waals surface area contributed by atoms with Gasteiger partial charge in [-0.2, -0.15) is 5.26 Å². The van der Waals surface area contributed by atoms with Crippen LogP contribution in [0.4, 0.5) is 11.6 Å². The zero-order valence-electron chi connectivity index (χ0n) is 19.9. The molecule has 3 atom stereocenters. The van der Waals surface area contributed by atoms with Crippen molar-refractivity contribution in [2.75, 3.05) is 42.5 Å². The fourth-order valence-electron chi connectivity index (χ4n) is 5.20. The molecule has 34 heavy (non-hydrogen) atoms. The molecule has 2 aromatic heterocycles. The summed E-state index contributed by atoms with van der Waals surface area (Å²) in [5.74, 6) is 1.37. The number of pyridine rings is 1. The van der Waals surface area contributed by atoms with E-state index in [1.807, 2.05) is 24.5 Å². The zero-order valence-corrected chi connectivity index (χ0v) is 19.9. The minimum Gasteiger partial charge on any atom is -0.369 e. The molecular formula is C26H32N8. The molecule has 2 fully saturated rings. The monoisotopic (exact) mass is 456 g/mol. The van der Waals surface area contributed by atoms with E-state index in [-0.39, 0.29) is 0 Å². The van der Waals surface area contributed by atoms with Gasteiger partial charge in [-0.15, -0.1) is 0 Å². The number of nitriles is 1. The lowest BCUT2D eigenvalue weighted by molar-refractivity contribution is 0.350. The molecule has 3 aromatic rings. The lowest BCUT2D eigenvalue weighted by Crippen LogP contribution is -2.49. The molecule has 2 aliphatic rings. The van der Waals surface area contributed by atoms with E-state index in [1.54, 1.807) is 6.20 Å². The van der Waals surface area contributed by atoms with Gasteiger partial charge in [-0.05, 0) is 43.5 Å². The van der Waals surface area contributed by atoms with Crippen LogP contribution < -0.4 is 20.4 Å². The van der Waals surface area contributed by atoms with Crippen LogP contribution in [0, 0.1) is 17.2 Å². The molecule has 176 valence electrons. The molecule has 0 bridgehead atoms. The van der Waals surface area contributed by atoms with E-state index in [0.29, 0.717) is 23.6 Å². The first-order valence-electron chi connectivity index (χ1n) is 12.2. The first-order valence-corrected chi connectivity index (χ1v) is 12.2. The Balaban J connectivity index is 1.25. The minimum absolute atomic E-state index is 0.361. The molecule has 0 radical (unpaired) electrons. The molecule has 1 aromatic carbocycles. The van der Waals surface area contributed by atoms with Crippen LogP contribution in [-0.2, 0) is 6.54 Å². The van der Waals surface area contributed by atoms with Crippen molar-refractivity contribution in [2.45, 2.75) is 38.9 Å². The highest BCUT2D eigenvalue weighted by atomic mass is 15.3. The number of aromatic nitrogens is 3. The molecule has 0 spiro atoms. The van der Waals surface area contributed by atoms with Gasteiger partial charge in [0, 0.05) is 86.6 Å². The largest absolute Gasteiger partial charge is 0.369 e. The standard InChI is InChI=1S/C26H32N8/c1-18-10-22(30-12-20-13-31-26(32-14-20)33-9-8-28-19(2)16-33)17-34(15-18)24-6-5-21(11-27)25-23(24)4-3-7-29-25/h3-7,13-14,18-19,22,28,30H,8-10,12,15-17H2,1-2H3/t18-,19-,22?/m0/s1. The first kappa shape index (κ1) is 22.5. The number of piperidine rings is 1. The van der Waals surface area contributed by atoms with E-state index in [9.17, 15) is 5.26 Å². The van der Waals surface area contributed by atoms with Crippen LogP contribution >= 0.6 is 0 Å². The third kappa shape index (κ3) is 4.81. The number of hydrogen-bond donors (Lipinski definition) is 2. The molecule has 2 saturated heterocycles. The lowest BCUT2D eigenvalue weighted by Gasteiger charge is -2.39. The van der Waals surface area contributed by atoms with E-state index in [2.05, 4.69) is 67.4 Å². The number of fused-ring (bicyclic) bond motifs is 1. The van der Waals surface area contributed by atoms with Crippen molar-refractivity contribution in [3.05, 3.63) is 54.0 Å². The van der Waals surface area contributed by atoms with Crippen molar-refractivity contribution in [1.82, 2.24) is 25.6 Å². The maximum atomic E-state index is 9.47. The van der Waals surface area contributed by atoms with E-state index >= 15 is 0 Å². The third-order valence-corrected chi connectivity index (χ3v) is 6.81. The second kappa shape index (κ2) is 9.92.